The van der Waals surface area contributed by atoms with Gasteiger partial charge in [-0.3, -0.25) is 4.79 Å². The molecule has 98 valence electrons. The molecule has 5 heteroatoms. The number of fused-ring (bicyclic) bond motifs is 1. The standard InChI is InChI=1S/C13H17NO4/c1-16-8-4-7-14-13(15)12-9-17-10-5-2-3-6-11(10)18-12/h2-3,5-6,12H,4,7-9H2,1H3,(H,14,15)/t12-/m0/s1. The first kappa shape index (κ1) is 12.7. The lowest BCUT2D eigenvalue weighted by molar-refractivity contribution is -0.130. The summed E-state index contributed by atoms with van der Waals surface area (Å²) in [4.78, 5) is 11.8. The Morgan fingerprint density at radius 3 is 3.00 bits per heavy atom. The Kier molecular flexibility index (Phi) is 4.41. The predicted molar refractivity (Wildman–Crippen MR) is 65.9 cm³/mol. The van der Waals surface area contributed by atoms with E-state index >= 15 is 0 Å². The Hall–Kier alpha value is -1.75. The number of amides is 1. The zero-order valence-electron chi connectivity index (χ0n) is 10.3. The van der Waals surface area contributed by atoms with Crippen molar-refractivity contribution in [3.8, 4) is 11.5 Å². The molecule has 1 aromatic rings. The van der Waals surface area contributed by atoms with E-state index in [1.165, 1.54) is 0 Å². The van der Waals surface area contributed by atoms with Crippen LogP contribution in [0.2, 0.25) is 0 Å². The molecular formula is C13H17NO4. The number of carbonyl (C=O) groups excluding carboxylic acids is 1. The van der Waals surface area contributed by atoms with Crippen molar-refractivity contribution in [1.82, 2.24) is 5.32 Å². The first-order valence-corrected chi connectivity index (χ1v) is 5.96. The molecule has 1 heterocycles. The van der Waals surface area contributed by atoms with E-state index in [4.69, 9.17) is 14.2 Å². The molecule has 18 heavy (non-hydrogen) atoms. The quantitative estimate of drug-likeness (QED) is 0.793. The van der Waals surface area contributed by atoms with Gasteiger partial charge in [0.1, 0.15) is 6.61 Å². The molecular weight excluding hydrogens is 234 g/mol. The molecule has 0 saturated heterocycles. The molecule has 1 N–H and O–H groups in total. The van der Waals surface area contributed by atoms with Gasteiger partial charge in [-0.15, -0.1) is 0 Å². The Labute approximate surface area is 106 Å². The highest BCUT2D eigenvalue weighted by Crippen LogP contribution is 2.30. The molecule has 1 amide bonds. The van der Waals surface area contributed by atoms with E-state index in [1.54, 1.807) is 13.2 Å². The number of ether oxygens (including phenoxy) is 3. The SMILES string of the molecule is COCCCNC(=O)[C@@H]1COc2ccccc2O1. The van der Waals surface area contributed by atoms with Gasteiger partial charge in [-0.25, -0.2) is 0 Å². The molecule has 0 radical (unpaired) electrons. The first-order chi connectivity index (χ1) is 8.81. The number of hydrogen-bond donors (Lipinski definition) is 1. The summed E-state index contributed by atoms with van der Waals surface area (Å²) in [6, 6.07) is 7.33. The summed E-state index contributed by atoms with van der Waals surface area (Å²) in [5.41, 5.74) is 0. The second-order valence-corrected chi connectivity index (χ2v) is 4.00. The fourth-order valence-corrected chi connectivity index (χ4v) is 1.69. The predicted octanol–water partition coefficient (Wildman–Crippen LogP) is 0.979. The van der Waals surface area contributed by atoms with E-state index in [0.717, 1.165) is 6.42 Å². The summed E-state index contributed by atoms with van der Waals surface area (Å²) in [5.74, 6) is 1.14. The highest BCUT2D eigenvalue weighted by Gasteiger charge is 2.26. The highest BCUT2D eigenvalue weighted by atomic mass is 16.6. The second-order valence-electron chi connectivity index (χ2n) is 4.00. The summed E-state index contributed by atoms with van der Waals surface area (Å²) in [7, 11) is 1.64. The van der Waals surface area contributed by atoms with E-state index in [9.17, 15) is 4.79 Å². The zero-order valence-corrected chi connectivity index (χ0v) is 10.3. The van der Waals surface area contributed by atoms with Crippen LogP contribution in [-0.4, -0.2) is 38.9 Å². The van der Waals surface area contributed by atoms with Gasteiger partial charge in [0.2, 0.25) is 6.10 Å². The third kappa shape index (κ3) is 3.13. The normalized spacial score (nSPS) is 17.3. The van der Waals surface area contributed by atoms with E-state index < -0.39 is 6.10 Å². The van der Waals surface area contributed by atoms with Crippen molar-refractivity contribution in [2.75, 3.05) is 26.9 Å². The maximum atomic E-state index is 11.8. The molecule has 1 aromatic carbocycles. The van der Waals surface area contributed by atoms with Gasteiger partial charge in [-0.05, 0) is 18.6 Å². The van der Waals surface area contributed by atoms with Gasteiger partial charge in [0, 0.05) is 20.3 Å². The first-order valence-electron chi connectivity index (χ1n) is 5.96. The fourth-order valence-electron chi connectivity index (χ4n) is 1.69. The summed E-state index contributed by atoms with van der Waals surface area (Å²) in [6.45, 7) is 1.45. The van der Waals surface area contributed by atoms with Crippen molar-refractivity contribution in [2.24, 2.45) is 0 Å². The smallest absolute Gasteiger partial charge is 0.264 e. The van der Waals surface area contributed by atoms with Gasteiger partial charge in [0.05, 0.1) is 0 Å². The molecule has 1 aliphatic heterocycles. The van der Waals surface area contributed by atoms with Crippen LogP contribution >= 0.6 is 0 Å². The van der Waals surface area contributed by atoms with Gasteiger partial charge in [-0.2, -0.15) is 0 Å². The minimum absolute atomic E-state index is 0.152. The minimum Gasteiger partial charge on any atom is -0.485 e. The number of methoxy groups -OCH3 is 1. The van der Waals surface area contributed by atoms with Crippen LogP contribution in [0, 0.1) is 0 Å². The Morgan fingerprint density at radius 1 is 1.44 bits per heavy atom. The minimum atomic E-state index is -0.581. The third-order valence-corrected chi connectivity index (χ3v) is 2.63. The van der Waals surface area contributed by atoms with Crippen LogP contribution in [0.1, 0.15) is 6.42 Å². The molecule has 0 bridgehead atoms. The van der Waals surface area contributed by atoms with Gasteiger partial charge < -0.3 is 19.5 Å². The summed E-state index contributed by atoms with van der Waals surface area (Å²) >= 11 is 0. The third-order valence-electron chi connectivity index (χ3n) is 2.63. The van der Waals surface area contributed by atoms with Crippen LogP contribution < -0.4 is 14.8 Å². The summed E-state index contributed by atoms with van der Waals surface area (Å²) < 4.78 is 16.0. The maximum Gasteiger partial charge on any atom is 0.264 e. The van der Waals surface area contributed by atoms with E-state index in [0.29, 0.717) is 24.7 Å². The molecule has 0 spiro atoms. The van der Waals surface area contributed by atoms with Crippen LogP contribution in [0.25, 0.3) is 0 Å². The number of nitrogens with one attached hydrogen (secondary N) is 1. The summed E-state index contributed by atoms with van der Waals surface area (Å²) in [6.07, 6.45) is 0.203. The number of carbonyl (C=O) groups is 1. The Morgan fingerprint density at radius 2 is 2.22 bits per heavy atom. The van der Waals surface area contributed by atoms with E-state index in [1.807, 2.05) is 18.2 Å². The van der Waals surface area contributed by atoms with Crippen LogP contribution in [0.4, 0.5) is 0 Å². The number of para-hydroxylation sites is 2. The van der Waals surface area contributed by atoms with E-state index in [2.05, 4.69) is 5.32 Å². The lowest BCUT2D eigenvalue weighted by Gasteiger charge is -2.25. The van der Waals surface area contributed by atoms with Crippen molar-refractivity contribution in [2.45, 2.75) is 12.5 Å². The summed E-state index contributed by atoms with van der Waals surface area (Å²) in [5, 5.41) is 2.79. The zero-order chi connectivity index (χ0) is 12.8. The van der Waals surface area contributed by atoms with Crippen LogP contribution in [0.5, 0.6) is 11.5 Å². The van der Waals surface area contributed by atoms with Crippen molar-refractivity contribution in [3.63, 3.8) is 0 Å². The fraction of sp³-hybridized carbons (Fsp3) is 0.462. The monoisotopic (exact) mass is 251 g/mol. The van der Waals surface area contributed by atoms with Crippen molar-refractivity contribution >= 4 is 5.91 Å². The molecule has 0 aromatic heterocycles. The molecule has 0 aliphatic carbocycles. The second kappa shape index (κ2) is 6.26. The number of hydrogen-bond acceptors (Lipinski definition) is 4. The van der Waals surface area contributed by atoms with Gasteiger partial charge in [0.25, 0.3) is 5.91 Å². The van der Waals surface area contributed by atoms with Gasteiger partial charge in [-0.1, -0.05) is 12.1 Å². The Balaban J connectivity index is 1.83. The number of rotatable bonds is 5. The lowest BCUT2D eigenvalue weighted by Crippen LogP contribution is -2.44. The molecule has 1 aliphatic rings. The van der Waals surface area contributed by atoms with Crippen molar-refractivity contribution < 1.29 is 19.0 Å². The van der Waals surface area contributed by atoms with Gasteiger partial charge in [0.15, 0.2) is 11.5 Å². The molecule has 0 fully saturated rings. The molecule has 0 unspecified atom stereocenters. The molecule has 5 nitrogen and oxygen atoms in total. The highest BCUT2D eigenvalue weighted by molar-refractivity contribution is 5.81. The van der Waals surface area contributed by atoms with Crippen LogP contribution in [0.15, 0.2) is 24.3 Å². The molecule has 1 atom stereocenters. The van der Waals surface area contributed by atoms with E-state index in [-0.39, 0.29) is 12.5 Å². The maximum absolute atomic E-state index is 11.8. The van der Waals surface area contributed by atoms with Crippen LogP contribution in [0.3, 0.4) is 0 Å². The van der Waals surface area contributed by atoms with Gasteiger partial charge >= 0.3 is 0 Å². The number of benzene rings is 1. The van der Waals surface area contributed by atoms with Crippen molar-refractivity contribution in [1.29, 1.82) is 0 Å². The molecule has 2 rings (SSSR count). The topological polar surface area (TPSA) is 56.8 Å². The van der Waals surface area contributed by atoms with Crippen molar-refractivity contribution in [3.05, 3.63) is 24.3 Å². The average Bonchev–Trinajstić information content (AvgIpc) is 2.43. The molecule has 0 saturated carbocycles. The lowest BCUT2D eigenvalue weighted by atomic mass is 10.2. The average molecular weight is 251 g/mol. The Bertz CT molecular complexity index is 408. The largest absolute Gasteiger partial charge is 0.485 e. The van der Waals surface area contributed by atoms with Crippen LogP contribution in [-0.2, 0) is 9.53 Å².